The topological polar surface area (TPSA) is 88.2 Å². The van der Waals surface area contributed by atoms with Gasteiger partial charge < -0.3 is 5.32 Å². The second-order valence-electron chi connectivity index (χ2n) is 5.50. The lowest BCUT2D eigenvalue weighted by Crippen LogP contribution is -2.27. The van der Waals surface area contributed by atoms with Crippen LogP contribution in [0.3, 0.4) is 0 Å². The van der Waals surface area contributed by atoms with E-state index in [1.54, 1.807) is 37.5 Å². The quantitative estimate of drug-likeness (QED) is 0.897. The van der Waals surface area contributed by atoms with Crippen molar-refractivity contribution in [2.45, 2.75) is 30.7 Å². The molecule has 0 saturated heterocycles. The fourth-order valence-corrected chi connectivity index (χ4v) is 3.81. The predicted molar refractivity (Wildman–Crippen MR) is 86.4 cm³/mol. The summed E-state index contributed by atoms with van der Waals surface area (Å²) in [5.41, 5.74) is 2.31. The monoisotopic (exact) mass is 331 g/mol. The molecule has 0 bridgehead atoms. The summed E-state index contributed by atoms with van der Waals surface area (Å²) in [5, 5.41) is 2.74. The minimum absolute atomic E-state index is 0.0450. The fraction of sp³-hybridized carbons (Fsp3) is 0.250. The van der Waals surface area contributed by atoms with Gasteiger partial charge >= 0.3 is 0 Å². The summed E-state index contributed by atoms with van der Waals surface area (Å²) in [5.74, 6) is -0.0450. The Labute approximate surface area is 135 Å². The van der Waals surface area contributed by atoms with Crippen molar-refractivity contribution in [1.82, 2.24) is 9.71 Å². The van der Waals surface area contributed by atoms with Crippen molar-refractivity contribution in [3.63, 3.8) is 0 Å². The van der Waals surface area contributed by atoms with Crippen LogP contribution >= 0.6 is 0 Å². The Morgan fingerprint density at radius 2 is 2.09 bits per heavy atom. The minimum Gasteiger partial charge on any atom is -0.326 e. The number of hydrogen-bond acceptors (Lipinski definition) is 4. The average molecular weight is 331 g/mol. The molecule has 2 aromatic rings. The molecule has 1 amide bonds. The van der Waals surface area contributed by atoms with Crippen LogP contribution in [0.4, 0.5) is 5.69 Å². The number of sulfonamides is 1. The molecule has 120 valence electrons. The number of amides is 1. The predicted octanol–water partition coefficient (Wildman–Crippen LogP) is 2.01. The zero-order valence-corrected chi connectivity index (χ0v) is 13.4. The van der Waals surface area contributed by atoms with Crippen molar-refractivity contribution in [2.24, 2.45) is 0 Å². The molecule has 0 radical (unpaired) electrons. The number of aromatic nitrogens is 1. The van der Waals surface area contributed by atoms with Crippen LogP contribution in [0.1, 0.15) is 30.5 Å². The first kappa shape index (κ1) is 15.6. The van der Waals surface area contributed by atoms with Crippen molar-refractivity contribution in [1.29, 1.82) is 0 Å². The molecule has 0 aliphatic carbocycles. The largest absolute Gasteiger partial charge is 0.326 e. The first-order valence-electron chi connectivity index (χ1n) is 7.31. The van der Waals surface area contributed by atoms with Gasteiger partial charge in [0.05, 0.1) is 4.90 Å². The molecule has 6 nitrogen and oxygen atoms in total. The highest BCUT2D eigenvalue weighted by atomic mass is 32.2. The highest BCUT2D eigenvalue weighted by Crippen LogP contribution is 2.26. The maximum absolute atomic E-state index is 12.5. The molecule has 0 fully saturated rings. The molecule has 1 aromatic carbocycles. The van der Waals surface area contributed by atoms with E-state index in [0.29, 0.717) is 18.5 Å². The van der Waals surface area contributed by atoms with E-state index in [0.717, 1.165) is 11.1 Å². The molecular weight excluding hydrogens is 314 g/mol. The van der Waals surface area contributed by atoms with Crippen LogP contribution in [0.15, 0.2) is 47.6 Å². The molecule has 1 aliphatic heterocycles. The fourth-order valence-electron chi connectivity index (χ4n) is 2.53. The Morgan fingerprint density at radius 3 is 2.83 bits per heavy atom. The second-order valence-corrected chi connectivity index (χ2v) is 7.21. The van der Waals surface area contributed by atoms with Crippen molar-refractivity contribution in [3.05, 3.63) is 53.9 Å². The van der Waals surface area contributed by atoms with Gasteiger partial charge in [0.25, 0.3) is 0 Å². The van der Waals surface area contributed by atoms with E-state index in [2.05, 4.69) is 15.0 Å². The second kappa shape index (κ2) is 6.10. The van der Waals surface area contributed by atoms with Gasteiger partial charge in [0.1, 0.15) is 0 Å². The SMILES string of the molecule is C[C@@H](NS(=O)(=O)c1ccc2c(c1)CCC(=O)N2)c1cccnc1. The molecule has 2 heterocycles. The normalized spacial score (nSPS) is 15.6. The van der Waals surface area contributed by atoms with Crippen LogP contribution in [-0.4, -0.2) is 19.3 Å². The summed E-state index contributed by atoms with van der Waals surface area (Å²) >= 11 is 0. The molecule has 7 heteroatoms. The first-order chi connectivity index (χ1) is 11.0. The smallest absolute Gasteiger partial charge is 0.241 e. The van der Waals surface area contributed by atoms with E-state index in [1.807, 2.05) is 6.07 Å². The number of benzene rings is 1. The summed E-state index contributed by atoms with van der Waals surface area (Å²) < 4.78 is 27.7. The van der Waals surface area contributed by atoms with E-state index >= 15 is 0 Å². The lowest BCUT2D eigenvalue weighted by atomic mass is 10.0. The number of carbonyl (C=O) groups excluding carboxylic acids is 1. The summed E-state index contributed by atoms with van der Waals surface area (Å²) in [6, 6.07) is 7.96. The number of hydrogen-bond donors (Lipinski definition) is 2. The van der Waals surface area contributed by atoms with Gasteiger partial charge in [-0.25, -0.2) is 13.1 Å². The number of anilines is 1. The molecule has 1 aliphatic rings. The van der Waals surface area contributed by atoms with Gasteiger partial charge in [-0.2, -0.15) is 0 Å². The zero-order chi connectivity index (χ0) is 16.4. The maximum atomic E-state index is 12.5. The van der Waals surface area contributed by atoms with E-state index in [-0.39, 0.29) is 16.8 Å². The third kappa shape index (κ3) is 3.40. The van der Waals surface area contributed by atoms with Crippen LogP contribution in [-0.2, 0) is 21.2 Å². The van der Waals surface area contributed by atoms with Gasteiger partial charge in [0.2, 0.25) is 15.9 Å². The van der Waals surface area contributed by atoms with Crippen molar-refractivity contribution in [2.75, 3.05) is 5.32 Å². The molecule has 0 spiro atoms. The van der Waals surface area contributed by atoms with Gasteiger partial charge in [-0.3, -0.25) is 9.78 Å². The molecule has 2 N–H and O–H groups in total. The molecular formula is C16H17N3O3S. The van der Waals surface area contributed by atoms with Gasteiger partial charge in [-0.1, -0.05) is 6.07 Å². The number of aryl methyl sites for hydroxylation is 1. The highest BCUT2D eigenvalue weighted by molar-refractivity contribution is 7.89. The van der Waals surface area contributed by atoms with Gasteiger partial charge in [0, 0.05) is 30.5 Å². The Hall–Kier alpha value is -2.25. The summed E-state index contributed by atoms with van der Waals surface area (Å²) in [6.07, 6.45) is 4.19. The molecule has 1 atom stereocenters. The van der Waals surface area contributed by atoms with Crippen LogP contribution in [0.5, 0.6) is 0 Å². The Bertz CT molecular complexity index is 835. The number of fused-ring (bicyclic) bond motifs is 1. The van der Waals surface area contributed by atoms with E-state index in [9.17, 15) is 13.2 Å². The summed E-state index contributed by atoms with van der Waals surface area (Å²) in [7, 11) is -3.65. The molecule has 23 heavy (non-hydrogen) atoms. The number of pyridine rings is 1. The van der Waals surface area contributed by atoms with Gasteiger partial charge in [-0.05, 0) is 48.7 Å². The van der Waals surface area contributed by atoms with Crippen LogP contribution in [0.25, 0.3) is 0 Å². The summed E-state index contributed by atoms with van der Waals surface area (Å²) in [4.78, 5) is 15.6. The molecule has 0 unspecified atom stereocenters. The number of carbonyl (C=O) groups is 1. The van der Waals surface area contributed by atoms with E-state index in [1.165, 1.54) is 6.07 Å². The molecule has 0 saturated carbocycles. The molecule has 1 aromatic heterocycles. The first-order valence-corrected chi connectivity index (χ1v) is 8.79. The van der Waals surface area contributed by atoms with Crippen LogP contribution < -0.4 is 10.0 Å². The average Bonchev–Trinajstić information content (AvgIpc) is 2.54. The van der Waals surface area contributed by atoms with Gasteiger partial charge in [0.15, 0.2) is 0 Å². The van der Waals surface area contributed by atoms with E-state index < -0.39 is 10.0 Å². The lowest BCUT2D eigenvalue weighted by Gasteiger charge is -2.19. The minimum atomic E-state index is -3.65. The Kier molecular flexibility index (Phi) is 4.14. The van der Waals surface area contributed by atoms with E-state index in [4.69, 9.17) is 0 Å². The standard InChI is InChI=1S/C16H17N3O3S/c1-11(13-3-2-8-17-10-13)19-23(21,22)14-5-6-15-12(9-14)4-7-16(20)18-15/h2-3,5-6,8-11,19H,4,7H2,1H3,(H,18,20)/t11-/m1/s1. The third-order valence-corrected chi connectivity index (χ3v) is 5.34. The third-order valence-electron chi connectivity index (χ3n) is 3.80. The lowest BCUT2D eigenvalue weighted by molar-refractivity contribution is -0.116. The zero-order valence-electron chi connectivity index (χ0n) is 12.6. The summed E-state index contributed by atoms with van der Waals surface area (Å²) in [6.45, 7) is 1.77. The number of rotatable bonds is 4. The Morgan fingerprint density at radius 1 is 1.26 bits per heavy atom. The highest BCUT2D eigenvalue weighted by Gasteiger charge is 2.22. The number of nitrogens with zero attached hydrogens (tertiary/aromatic N) is 1. The van der Waals surface area contributed by atoms with Crippen molar-refractivity contribution >= 4 is 21.6 Å². The molecule has 3 rings (SSSR count). The Balaban J connectivity index is 1.84. The number of nitrogens with one attached hydrogen (secondary N) is 2. The van der Waals surface area contributed by atoms with Crippen LogP contribution in [0, 0.1) is 0 Å². The van der Waals surface area contributed by atoms with Gasteiger partial charge in [-0.15, -0.1) is 0 Å². The maximum Gasteiger partial charge on any atom is 0.241 e. The van der Waals surface area contributed by atoms with Crippen molar-refractivity contribution < 1.29 is 13.2 Å². The van der Waals surface area contributed by atoms with Crippen LogP contribution in [0.2, 0.25) is 0 Å². The van der Waals surface area contributed by atoms with Crippen molar-refractivity contribution in [3.8, 4) is 0 Å².